The number of benzene rings is 1. The van der Waals surface area contributed by atoms with Crippen LogP contribution in [0.5, 0.6) is 0 Å². The fraction of sp³-hybridized carbons (Fsp3) is 0.419. The van der Waals surface area contributed by atoms with E-state index in [9.17, 15) is 9.59 Å². The highest BCUT2D eigenvalue weighted by atomic mass is 35.5. The van der Waals surface area contributed by atoms with Crippen LogP contribution in [0.3, 0.4) is 0 Å². The van der Waals surface area contributed by atoms with Gasteiger partial charge in [0.05, 0.1) is 17.1 Å². The van der Waals surface area contributed by atoms with Crippen LogP contribution in [-0.4, -0.2) is 21.8 Å². The first-order valence-electron chi connectivity index (χ1n) is 13.7. The molecule has 0 saturated heterocycles. The number of halogens is 1. The number of aromatic nitrogens is 2. The quantitative estimate of drug-likeness (QED) is 0.111. The summed E-state index contributed by atoms with van der Waals surface area (Å²) in [7, 11) is 0. The molecular weight excluding hydrogens is 524 g/mol. The van der Waals surface area contributed by atoms with E-state index < -0.39 is 5.91 Å². The second kappa shape index (κ2) is 15.6. The summed E-state index contributed by atoms with van der Waals surface area (Å²) in [5, 5.41) is 6.88. The molecule has 1 fully saturated rings. The highest BCUT2D eigenvalue weighted by Crippen LogP contribution is 2.35. The van der Waals surface area contributed by atoms with Gasteiger partial charge in [0.2, 0.25) is 11.8 Å². The van der Waals surface area contributed by atoms with E-state index in [1.165, 1.54) is 32.1 Å². The predicted molar refractivity (Wildman–Crippen MR) is 160 cm³/mol. The van der Waals surface area contributed by atoms with Gasteiger partial charge in [0.15, 0.2) is 5.82 Å². The minimum atomic E-state index is -0.596. The van der Waals surface area contributed by atoms with Crippen LogP contribution in [0.4, 0.5) is 5.82 Å². The van der Waals surface area contributed by atoms with E-state index in [2.05, 4.69) is 28.2 Å². The molecule has 0 aliphatic heterocycles. The van der Waals surface area contributed by atoms with Crippen LogP contribution < -0.4 is 5.32 Å². The van der Waals surface area contributed by atoms with Gasteiger partial charge in [-0.25, -0.2) is 9.97 Å². The summed E-state index contributed by atoms with van der Waals surface area (Å²) in [6.07, 6.45) is 23.8. The Balaban J connectivity index is 0.00000216. The number of rotatable bonds is 9. The molecule has 0 atom stereocenters. The standard InChI is InChI=1S/C29H33ClN6O2.C2H2/c1-2-22(30)10-6-7-11-26(37)34-28-25(16-12-19-8-4-3-5-9-19)32-27-23-15-13-21(29(38)35-36-31)18-20(23)14-17-24(27)33-28;1-2/h2,6,10,13,15,18-19H,3-5,7-9,11-12,14,16-17H2,1H3,(H,33,34,37);1-2H/b10-6-,22-2+;. The molecule has 1 heterocycles. The molecule has 2 aromatic rings. The molecule has 8 nitrogen and oxygen atoms in total. The Bertz CT molecular complexity index is 1350. The lowest BCUT2D eigenvalue weighted by Crippen LogP contribution is -2.19. The maximum atomic E-state index is 12.8. The van der Waals surface area contributed by atoms with Gasteiger partial charge in [0.25, 0.3) is 0 Å². The average molecular weight is 559 g/mol. The fourth-order valence-corrected chi connectivity index (χ4v) is 5.29. The number of nitrogens with zero attached hydrogens (tertiary/aromatic N) is 5. The molecule has 1 saturated carbocycles. The maximum absolute atomic E-state index is 12.8. The monoisotopic (exact) mass is 558 g/mol. The summed E-state index contributed by atoms with van der Waals surface area (Å²) in [4.78, 5) is 37.4. The van der Waals surface area contributed by atoms with Crippen molar-refractivity contribution in [2.75, 3.05) is 5.32 Å². The van der Waals surface area contributed by atoms with E-state index in [0.29, 0.717) is 48.0 Å². The minimum Gasteiger partial charge on any atom is -0.309 e. The summed E-state index contributed by atoms with van der Waals surface area (Å²) >= 11 is 5.99. The van der Waals surface area contributed by atoms with Crippen LogP contribution in [0, 0.1) is 18.8 Å². The van der Waals surface area contributed by atoms with Crippen molar-refractivity contribution >= 4 is 29.2 Å². The first-order valence-corrected chi connectivity index (χ1v) is 14.1. The Morgan fingerprint density at radius 1 is 1.20 bits per heavy atom. The van der Waals surface area contributed by atoms with Crippen molar-refractivity contribution in [1.82, 2.24) is 9.97 Å². The predicted octanol–water partition coefficient (Wildman–Crippen LogP) is 7.87. The van der Waals surface area contributed by atoms with E-state index in [0.717, 1.165) is 41.1 Å². The van der Waals surface area contributed by atoms with Crippen LogP contribution in [0.15, 0.2) is 46.6 Å². The van der Waals surface area contributed by atoms with E-state index >= 15 is 0 Å². The zero-order valence-electron chi connectivity index (χ0n) is 22.9. The first kappa shape index (κ1) is 30.6. The number of carbonyl (C=O) groups is 2. The van der Waals surface area contributed by atoms with Crippen molar-refractivity contribution in [1.29, 1.82) is 0 Å². The number of allylic oxidation sites excluding steroid dienone is 4. The van der Waals surface area contributed by atoms with Crippen molar-refractivity contribution < 1.29 is 9.59 Å². The van der Waals surface area contributed by atoms with Gasteiger partial charge in [0.1, 0.15) is 0 Å². The third kappa shape index (κ3) is 8.29. The van der Waals surface area contributed by atoms with Gasteiger partial charge in [-0.15, -0.1) is 12.8 Å². The average Bonchev–Trinajstić information content (AvgIpc) is 2.99. The second-order valence-corrected chi connectivity index (χ2v) is 10.3. The molecule has 0 unspecified atom stereocenters. The van der Waals surface area contributed by atoms with Gasteiger partial charge < -0.3 is 5.32 Å². The van der Waals surface area contributed by atoms with Gasteiger partial charge in [-0.3, -0.25) is 9.59 Å². The Labute approximate surface area is 241 Å². The fourth-order valence-electron chi connectivity index (χ4n) is 5.20. The van der Waals surface area contributed by atoms with Gasteiger partial charge in [-0.1, -0.05) is 68.0 Å². The van der Waals surface area contributed by atoms with Crippen molar-refractivity contribution in [3.8, 4) is 24.1 Å². The van der Waals surface area contributed by atoms with Crippen LogP contribution in [0.25, 0.3) is 21.7 Å². The molecule has 40 heavy (non-hydrogen) atoms. The Kier molecular flexibility index (Phi) is 12.0. The van der Waals surface area contributed by atoms with Crippen LogP contribution in [0.1, 0.15) is 85.6 Å². The summed E-state index contributed by atoms with van der Waals surface area (Å²) in [5.41, 5.74) is 13.3. The molecule has 1 N–H and O–H groups in total. The first-order chi connectivity index (χ1) is 19.5. The largest absolute Gasteiger partial charge is 0.309 e. The van der Waals surface area contributed by atoms with Gasteiger partial charge in [-0.2, -0.15) is 0 Å². The number of terminal acetylenes is 1. The van der Waals surface area contributed by atoms with Crippen LogP contribution >= 0.6 is 11.6 Å². The molecule has 1 aromatic heterocycles. The molecule has 1 aromatic carbocycles. The number of carbonyl (C=O) groups excluding carboxylic acids is 2. The highest BCUT2D eigenvalue weighted by Gasteiger charge is 2.24. The molecule has 2 aliphatic carbocycles. The second-order valence-electron chi connectivity index (χ2n) is 9.89. The molecule has 208 valence electrons. The zero-order valence-corrected chi connectivity index (χ0v) is 23.7. The lowest BCUT2D eigenvalue weighted by molar-refractivity contribution is -0.116. The maximum Gasteiger partial charge on any atom is 0.249 e. The highest BCUT2D eigenvalue weighted by molar-refractivity contribution is 6.31. The number of hydrogen-bond acceptors (Lipinski definition) is 4. The van der Waals surface area contributed by atoms with Gasteiger partial charge in [-0.05, 0) is 73.3 Å². The smallest absolute Gasteiger partial charge is 0.249 e. The molecule has 4 rings (SSSR count). The number of nitrogens with one attached hydrogen (secondary N) is 1. The molecule has 9 heteroatoms. The lowest BCUT2D eigenvalue weighted by atomic mass is 9.85. The summed E-state index contributed by atoms with van der Waals surface area (Å²) in [6, 6.07) is 5.30. The Morgan fingerprint density at radius 2 is 1.98 bits per heavy atom. The van der Waals surface area contributed by atoms with Gasteiger partial charge >= 0.3 is 0 Å². The third-order valence-electron chi connectivity index (χ3n) is 7.28. The Hall–Kier alpha value is -3.92. The normalized spacial score (nSPS) is 14.8. The molecule has 2 amide bonds. The Morgan fingerprint density at radius 3 is 2.70 bits per heavy atom. The van der Waals surface area contributed by atoms with E-state index in [1.807, 2.05) is 19.1 Å². The zero-order chi connectivity index (χ0) is 28.9. The molecule has 2 aliphatic rings. The molecule has 0 spiro atoms. The lowest BCUT2D eigenvalue weighted by Gasteiger charge is -2.23. The SMILES string of the molecule is C#C.C/C=C(Cl)\C=C/CCC(=O)Nc1nc2c(nc1CCC1CCCCC1)-c1ccc(C(=O)N=[N+]=[N-])cc1CC2. The number of anilines is 1. The number of aryl methyl sites for hydroxylation is 3. The van der Waals surface area contributed by atoms with E-state index in [1.54, 1.807) is 24.3 Å². The van der Waals surface area contributed by atoms with Crippen LogP contribution in [-0.2, 0) is 24.1 Å². The number of azide groups is 1. The molecular formula is C31H35ClN6O2. The van der Waals surface area contributed by atoms with Gasteiger partial charge in [0, 0.05) is 27.5 Å². The molecule has 0 radical (unpaired) electrons. The van der Waals surface area contributed by atoms with Crippen LogP contribution in [0.2, 0.25) is 0 Å². The van der Waals surface area contributed by atoms with Crippen molar-refractivity contribution in [3.63, 3.8) is 0 Å². The topological polar surface area (TPSA) is 121 Å². The number of hydrogen-bond donors (Lipinski definition) is 1. The van der Waals surface area contributed by atoms with E-state index in [4.69, 9.17) is 27.1 Å². The van der Waals surface area contributed by atoms with E-state index in [-0.39, 0.29) is 5.91 Å². The number of fused-ring (bicyclic) bond motifs is 3. The summed E-state index contributed by atoms with van der Waals surface area (Å²) < 4.78 is 0. The van der Waals surface area contributed by atoms with Crippen molar-refractivity contribution in [3.05, 3.63) is 74.4 Å². The minimum absolute atomic E-state index is 0.100. The van der Waals surface area contributed by atoms with Crippen molar-refractivity contribution in [2.45, 2.75) is 77.6 Å². The summed E-state index contributed by atoms with van der Waals surface area (Å²) in [5.74, 6) is 0.532. The summed E-state index contributed by atoms with van der Waals surface area (Å²) in [6.45, 7) is 1.86. The third-order valence-corrected chi connectivity index (χ3v) is 7.62. The number of amides is 2. The molecule has 0 bridgehead atoms. The van der Waals surface area contributed by atoms with Crippen molar-refractivity contribution in [2.24, 2.45) is 11.0 Å².